The van der Waals surface area contributed by atoms with Crippen LogP contribution in [0.25, 0.3) is 0 Å². The van der Waals surface area contributed by atoms with Gasteiger partial charge >= 0.3 is 6.18 Å². The van der Waals surface area contributed by atoms with Crippen molar-refractivity contribution < 1.29 is 22.7 Å². The molecular weight excluding hydrogens is 293 g/mol. The van der Waals surface area contributed by atoms with E-state index in [2.05, 4.69) is 10.1 Å². The van der Waals surface area contributed by atoms with Crippen molar-refractivity contribution in [1.82, 2.24) is 5.32 Å². The summed E-state index contributed by atoms with van der Waals surface area (Å²) in [6, 6.07) is 0. The highest BCUT2D eigenvalue weighted by molar-refractivity contribution is 7.80. The van der Waals surface area contributed by atoms with E-state index in [1.54, 1.807) is 0 Å². The summed E-state index contributed by atoms with van der Waals surface area (Å²) in [5, 5.41) is 2.56. The van der Waals surface area contributed by atoms with Crippen LogP contribution in [0.1, 0.15) is 32.1 Å². The number of nitrogens with two attached hydrogens (primary N) is 1. The molecule has 1 aliphatic rings. The number of halogens is 3. The minimum atomic E-state index is -4.35. The van der Waals surface area contributed by atoms with Crippen molar-refractivity contribution in [3.05, 3.63) is 0 Å². The Bertz CT molecular complexity index is 355. The van der Waals surface area contributed by atoms with Crippen molar-refractivity contribution in [2.45, 2.75) is 38.3 Å². The summed E-state index contributed by atoms with van der Waals surface area (Å²) in [5.41, 5.74) is 4.83. The molecule has 0 spiro atoms. The number of hydrogen-bond acceptors (Lipinski definition) is 3. The standard InChI is InChI=1S/C12H19F3N2O2S/c13-12(14,15)8-19-7-6-17-10(18)11(9(16)20)4-2-1-3-5-11/h1-8H2,(H2,16,20)(H,17,18). The van der Waals surface area contributed by atoms with Crippen molar-refractivity contribution in [2.75, 3.05) is 19.8 Å². The zero-order valence-corrected chi connectivity index (χ0v) is 11.9. The molecule has 0 aromatic carbocycles. The first-order chi connectivity index (χ1) is 9.28. The normalized spacial score (nSPS) is 18.6. The van der Waals surface area contributed by atoms with E-state index in [0.29, 0.717) is 12.8 Å². The van der Waals surface area contributed by atoms with Crippen LogP contribution >= 0.6 is 12.2 Å². The molecule has 1 rings (SSSR count). The Labute approximate surface area is 121 Å². The van der Waals surface area contributed by atoms with Crippen molar-refractivity contribution in [3.63, 3.8) is 0 Å². The Morgan fingerprint density at radius 1 is 1.30 bits per heavy atom. The lowest BCUT2D eigenvalue weighted by molar-refractivity contribution is -0.173. The number of hydrogen-bond donors (Lipinski definition) is 2. The third-order valence-corrected chi connectivity index (χ3v) is 3.80. The summed E-state index contributed by atoms with van der Waals surface area (Å²) in [7, 11) is 0. The Morgan fingerprint density at radius 2 is 1.90 bits per heavy atom. The van der Waals surface area contributed by atoms with Crippen LogP contribution in [0.4, 0.5) is 13.2 Å². The molecule has 0 saturated heterocycles. The van der Waals surface area contributed by atoms with E-state index in [0.717, 1.165) is 19.3 Å². The number of ether oxygens (including phenoxy) is 1. The highest BCUT2D eigenvalue weighted by Crippen LogP contribution is 2.36. The fraction of sp³-hybridized carbons (Fsp3) is 0.833. The topological polar surface area (TPSA) is 64.4 Å². The van der Waals surface area contributed by atoms with Crippen LogP contribution in [0, 0.1) is 5.41 Å². The van der Waals surface area contributed by atoms with Gasteiger partial charge in [-0.1, -0.05) is 31.5 Å². The third-order valence-electron chi connectivity index (χ3n) is 3.41. The second kappa shape index (κ2) is 7.21. The molecule has 0 aromatic rings. The second-order valence-corrected chi connectivity index (χ2v) is 5.37. The van der Waals surface area contributed by atoms with Gasteiger partial charge in [0.15, 0.2) is 0 Å². The molecule has 0 atom stereocenters. The lowest BCUT2D eigenvalue weighted by Crippen LogP contribution is -2.50. The maximum atomic E-state index is 12.2. The molecule has 116 valence electrons. The van der Waals surface area contributed by atoms with E-state index < -0.39 is 18.2 Å². The van der Waals surface area contributed by atoms with Gasteiger partial charge < -0.3 is 15.8 Å². The number of nitrogens with one attached hydrogen (secondary N) is 1. The Balaban J connectivity index is 2.38. The third kappa shape index (κ3) is 4.90. The highest BCUT2D eigenvalue weighted by atomic mass is 32.1. The van der Waals surface area contributed by atoms with Crippen LogP contribution in [-0.2, 0) is 9.53 Å². The molecular formula is C12H19F3N2O2S. The van der Waals surface area contributed by atoms with Gasteiger partial charge in [0.2, 0.25) is 5.91 Å². The van der Waals surface area contributed by atoms with Crippen molar-refractivity contribution in [3.8, 4) is 0 Å². The average Bonchev–Trinajstić information content (AvgIpc) is 2.37. The van der Waals surface area contributed by atoms with Gasteiger partial charge in [-0.05, 0) is 12.8 Å². The van der Waals surface area contributed by atoms with Gasteiger partial charge in [-0.25, -0.2) is 0 Å². The molecule has 0 radical (unpaired) electrons. The van der Waals surface area contributed by atoms with E-state index in [-0.39, 0.29) is 24.0 Å². The van der Waals surface area contributed by atoms with E-state index in [9.17, 15) is 18.0 Å². The number of thiocarbonyl (C=S) groups is 1. The molecule has 1 saturated carbocycles. The van der Waals surface area contributed by atoms with Gasteiger partial charge in [-0.2, -0.15) is 13.2 Å². The van der Waals surface area contributed by atoms with Crippen LogP contribution < -0.4 is 11.1 Å². The summed E-state index contributed by atoms with van der Waals surface area (Å²) in [4.78, 5) is 12.3. The van der Waals surface area contributed by atoms with Crippen LogP contribution in [0.3, 0.4) is 0 Å². The average molecular weight is 312 g/mol. The summed E-state index contributed by atoms with van der Waals surface area (Å²) < 4.78 is 40.0. The minimum Gasteiger partial charge on any atom is -0.392 e. The monoisotopic (exact) mass is 312 g/mol. The van der Waals surface area contributed by atoms with Gasteiger partial charge in [-0.3, -0.25) is 4.79 Å². The minimum absolute atomic E-state index is 0.0132. The zero-order chi connectivity index (χ0) is 15.2. The van der Waals surface area contributed by atoms with Gasteiger partial charge in [0, 0.05) is 6.54 Å². The smallest absolute Gasteiger partial charge is 0.392 e. The second-order valence-electron chi connectivity index (χ2n) is 4.93. The molecule has 20 heavy (non-hydrogen) atoms. The summed E-state index contributed by atoms with van der Waals surface area (Å²) >= 11 is 4.99. The zero-order valence-electron chi connectivity index (χ0n) is 11.1. The summed E-state index contributed by atoms with van der Waals surface area (Å²) in [5.74, 6) is -0.305. The van der Waals surface area contributed by atoms with E-state index in [1.807, 2.05) is 0 Å². The number of carbonyl (C=O) groups is 1. The molecule has 4 nitrogen and oxygen atoms in total. The van der Waals surface area contributed by atoms with Gasteiger partial charge in [0.1, 0.15) is 6.61 Å². The predicted octanol–water partition coefficient (Wildman–Crippen LogP) is 1.92. The van der Waals surface area contributed by atoms with E-state index >= 15 is 0 Å². The van der Waals surface area contributed by atoms with E-state index in [4.69, 9.17) is 18.0 Å². The van der Waals surface area contributed by atoms with Gasteiger partial charge in [0.25, 0.3) is 0 Å². The Morgan fingerprint density at radius 3 is 2.40 bits per heavy atom. The molecule has 8 heteroatoms. The number of alkyl halides is 3. The number of amides is 1. The van der Waals surface area contributed by atoms with Gasteiger partial charge in [-0.15, -0.1) is 0 Å². The number of rotatable bonds is 6. The predicted molar refractivity (Wildman–Crippen MR) is 72.2 cm³/mol. The quantitative estimate of drug-likeness (QED) is 0.581. The SMILES string of the molecule is NC(=S)C1(C(=O)NCCOCC(F)(F)F)CCCCC1. The van der Waals surface area contributed by atoms with Crippen LogP contribution in [0.2, 0.25) is 0 Å². The van der Waals surface area contributed by atoms with Crippen LogP contribution in [-0.4, -0.2) is 36.8 Å². The molecule has 0 aromatic heterocycles. The lowest BCUT2D eigenvalue weighted by atomic mass is 9.73. The summed E-state index contributed by atoms with van der Waals surface area (Å²) in [6.07, 6.45) is -0.389. The molecule has 1 aliphatic carbocycles. The molecule has 1 fully saturated rings. The van der Waals surface area contributed by atoms with E-state index in [1.165, 1.54) is 0 Å². The first kappa shape index (κ1) is 17.2. The van der Waals surface area contributed by atoms with Crippen molar-refractivity contribution in [1.29, 1.82) is 0 Å². The molecule has 3 N–H and O–H groups in total. The molecule has 0 aliphatic heterocycles. The fourth-order valence-corrected chi connectivity index (χ4v) is 2.63. The van der Waals surface area contributed by atoms with Crippen LogP contribution in [0.5, 0.6) is 0 Å². The molecule has 1 amide bonds. The van der Waals surface area contributed by atoms with Crippen molar-refractivity contribution in [2.24, 2.45) is 11.1 Å². The highest BCUT2D eigenvalue weighted by Gasteiger charge is 2.42. The first-order valence-electron chi connectivity index (χ1n) is 6.51. The maximum Gasteiger partial charge on any atom is 0.411 e. The molecule has 0 unspecified atom stereocenters. The van der Waals surface area contributed by atoms with Gasteiger partial charge in [0.05, 0.1) is 17.0 Å². The largest absolute Gasteiger partial charge is 0.411 e. The Hall–Kier alpha value is -0.890. The maximum absolute atomic E-state index is 12.2. The van der Waals surface area contributed by atoms with Crippen LogP contribution in [0.15, 0.2) is 0 Å². The Kier molecular flexibility index (Phi) is 6.19. The summed E-state index contributed by atoms with van der Waals surface area (Å²) in [6.45, 7) is -1.50. The number of carbonyl (C=O) groups excluding carboxylic acids is 1. The molecule has 0 heterocycles. The molecule has 0 bridgehead atoms. The van der Waals surface area contributed by atoms with Crippen molar-refractivity contribution >= 4 is 23.1 Å². The first-order valence-corrected chi connectivity index (χ1v) is 6.91. The lowest BCUT2D eigenvalue weighted by Gasteiger charge is -2.34. The fourth-order valence-electron chi connectivity index (χ4n) is 2.33.